The highest BCUT2D eigenvalue weighted by Gasteiger charge is 2.25. The highest BCUT2D eigenvalue weighted by molar-refractivity contribution is 5.70. The van der Waals surface area contributed by atoms with Crippen molar-refractivity contribution in [2.24, 2.45) is 11.8 Å². The van der Waals surface area contributed by atoms with Crippen LogP contribution in [0.15, 0.2) is 11.1 Å². The maximum absolute atomic E-state index is 11.7. The Bertz CT molecular complexity index is 685. The zero-order chi connectivity index (χ0) is 15.0. The van der Waals surface area contributed by atoms with Gasteiger partial charge in [-0.05, 0) is 0 Å². The summed E-state index contributed by atoms with van der Waals surface area (Å²) in [4.78, 5) is 22.4. The van der Waals surface area contributed by atoms with Crippen LogP contribution in [-0.4, -0.2) is 39.0 Å². The molecule has 3 heterocycles. The summed E-state index contributed by atoms with van der Waals surface area (Å²) in [6, 6.07) is 0. The lowest BCUT2D eigenvalue weighted by Crippen LogP contribution is -2.36. The van der Waals surface area contributed by atoms with Crippen molar-refractivity contribution in [3.8, 4) is 0 Å². The topological polar surface area (TPSA) is 108 Å². The van der Waals surface area contributed by atoms with Gasteiger partial charge in [0.1, 0.15) is 0 Å². The van der Waals surface area contributed by atoms with Crippen molar-refractivity contribution in [2.45, 2.75) is 26.7 Å². The minimum Gasteiger partial charge on any atom is -0.369 e. The Balaban J connectivity index is 1.76. The Morgan fingerprint density at radius 2 is 2.19 bits per heavy atom. The van der Waals surface area contributed by atoms with E-state index in [1.54, 1.807) is 6.33 Å². The Morgan fingerprint density at radius 3 is 2.86 bits per heavy atom. The van der Waals surface area contributed by atoms with E-state index in [-0.39, 0.29) is 23.7 Å². The summed E-state index contributed by atoms with van der Waals surface area (Å²) in [6.07, 6.45) is 1.46. The molecule has 0 atom stereocenters. The molecule has 0 bridgehead atoms. The van der Waals surface area contributed by atoms with Gasteiger partial charge in [-0.1, -0.05) is 13.8 Å². The number of ether oxygens (including phenoxy) is 2. The van der Waals surface area contributed by atoms with Crippen LogP contribution in [0, 0.1) is 11.8 Å². The van der Waals surface area contributed by atoms with E-state index >= 15 is 0 Å². The lowest BCUT2D eigenvalue weighted by atomic mass is 10.1. The van der Waals surface area contributed by atoms with Crippen LogP contribution in [0.4, 0.5) is 5.95 Å². The van der Waals surface area contributed by atoms with Gasteiger partial charge in [0.15, 0.2) is 17.5 Å². The predicted molar refractivity (Wildman–Crippen MR) is 76.6 cm³/mol. The molecule has 21 heavy (non-hydrogen) atoms. The van der Waals surface area contributed by atoms with Gasteiger partial charge >= 0.3 is 0 Å². The van der Waals surface area contributed by atoms with Crippen LogP contribution >= 0.6 is 0 Å². The first-order chi connectivity index (χ1) is 10.0. The summed E-state index contributed by atoms with van der Waals surface area (Å²) in [7, 11) is 0. The highest BCUT2D eigenvalue weighted by atomic mass is 16.7. The molecule has 0 radical (unpaired) electrons. The van der Waals surface area contributed by atoms with Gasteiger partial charge in [-0.3, -0.25) is 9.78 Å². The van der Waals surface area contributed by atoms with E-state index in [2.05, 4.69) is 28.8 Å². The SMILES string of the molecule is CC(C)C1OCC(Cn2cnc3c(=O)[nH]c(N)nc32)CO1. The molecule has 0 unspecified atom stereocenters. The van der Waals surface area contributed by atoms with Crippen LogP contribution < -0.4 is 11.3 Å². The Hall–Kier alpha value is -1.93. The van der Waals surface area contributed by atoms with E-state index in [0.717, 1.165) is 0 Å². The molecule has 1 aliphatic heterocycles. The standard InChI is InChI=1S/C13H19N5O3/c1-7(2)12-20-4-8(5-21-12)3-18-6-15-9-10(18)16-13(14)17-11(9)19/h6-8,12H,3-5H2,1-2H3,(H3,14,16,17,19). The molecule has 1 saturated heterocycles. The van der Waals surface area contributed by atoms with Crippen LogP contribution in [0.2, 0.25) is 0 Å². The number of rotatable bonds is 3. The summed E-state index contributed by atoms with van der Waals surface area (Å²) in [6.45, 7) is 5.97. The van der Waals surface area contributed by atoms with E-state index in [0.29, 0.717) is 36.8 Å². The van der Waals surface area contributed by atoms with Crippen molar-refractivity contribution in [2.75, 3.05) is 18.9 Å². The molecule has 8 heteroatoms. The Morgan fingerprint density at radius 1 is 1.48 bits per heavy atom. The van der Waals surface area contributed by atoms with Crippen molar-refractivity contribution in [1.29, 1.82) is 0 Å². The Labute approximate surface area is 121 Å². The van der Waals surface area contributed by atoms with Crippen LogP contribution in [0.25, 0.3) is 11.2 Å². The third-order valence-corrected chi connectivity index (χ3v) is 3.48. The highest BCUT2D eigenvalue weighted by Crippen LogP contribution is 2.19. The number of nitrogens with two attached hydrogens (primary N) is 1. The van der Waals surface area contributed by atoms with Gasteiger partial charge in [0, 0.05) is 18.4 Å². The molecule has 2 aromatic rings. The molecule has 0 aliphatic carbocycles. The summed E-state index contributed by atoms with van der Waals surface area (Å²) in [5.74, 6) is 0.616. The molecule has 1 aliphatic rings. The molecule has 0 spiro atoms. The normalized spacial score (nSPS) is 23.0. The number of fused-ring (bicyclic) bond motifs is 1. The van der Waals surface area contributed by atoms with E-state index in [4.69, 9.17) is 15.2 Å². The van der Waals surface area contributed by atoms with Crippen LogP contribution in [0.3, 0.4) is 0 Å². The summed E-state index contributed by atoms with van der Waals surface area (Å²) in [5, 5.41) is 0. The van der Waals surface area contributed by atoms with Gasteiger partial charge in [0.05, 0.1) is 19.5 Å². The zero-order valence-electron chi connectivity index (χ0n) is 12.1. The van der Waals surface area contributed by atoms with Gasteiger partial charge < -0.3 is 19.8 Å². The number of H-pyrrole nitrogens is 1. The number of hydrogen-bond acceptors (Lipinski definition) is 6. The molecule has 3 N–H and O–H groups in total. The third kappa shape index (κ3) is 2.77. The van der Waals surface area contributed by atoms with Crippen LogP contribution in [0.5, 0.6) is 0 Å². The first-order valence-electron chi connectivity index (χ1n) is 6.98. The van der Waals surface area contributed by atoms with Crippen molar-refractivity contribution in [3.05, 3.63) is 16.7 Å². The number of nitrogen functional groups attached to an aromatic ring is 1. The number of hydrogen-bond donors (Lipinski definition) is 2. The number of imidazole rings is 1. The second-order valence-corrected chi connectivity index (χ2v) is 5.67. The van der Waals surface area contributed by atoms with Crippen LogP contribution in [0.1, 0.15) is 13.8 Å². The summed E-state index contributed by atoms with van der Waals surface area (Å²) < 4.78 is 13.2. The molecular formula is C13H19N5O3. The summed E-state index contributed by atoms with van der Waals surface area (Å²) >= 11 is 0. The maximum atomic E-state index is 11.7. The predicted octanol–water partition coefficient (Wildman–Crippen LogP) is 0.347. The smallest absolute Gasteiger partial charge is 0.280 e. The number of aromatic nitrogens is 4. The van der Waals surface area contributed by atoms with Gasteiger partial charge in [-0.25, -0.2) is 4.98 Å². The monoisotopic (exact) mass is 293 g/mol. The largest absolute Gasteiger partial charge is 0.369 e. The zero-order valence-corrected chi connectivity index (χ0v) is 12.1. The number of aromatic amines is 1. The molecular weight excluding hydrogens is 274 g/mol. The Kier molecular flexibility index (Phi) is 3.64. The molecule has 0 aromatic carbocycles. The molecule has 2 aromatic heterocycles. The van der Waals surface area contributed by atoms with E-state index in [9.17, 15) is 4.79 Å². The first kappa shape index (κ1) is 14.0. The molecule has 3 rings (SSSR count). The maximum Gasteiger partial charge on any atom is 0.280 e. The summed E-state index contributed by atoms with van der Waals surface area (Å²) in [5.41, 5.74) is 6.04. The van der Waals surface area contributed by atoms with Gasteiger partial charge in [-0.2, -0.15) is 4.98 Å². The molecule has 114 valence electrons. The number of nitrogens with one attached hydrogen (secondary N) is 1. The van der Waals surface area contributed by atoms with Crippen molar-refractivity contribution in [3.63, 3.8) is 0 Å². The lowest BCUT2D eigenvalue weighted by Gasteiger charge is -2.31. The third-order valence-electron chi connectivity index (χ3n) is 3.48. The second-order valence-electron chi connectivity index (χ2n) is 5.67. The van der Waals surface area contributed by atoms with E-state index < -0.39 is 0 Å². The van der Waals surface area contributed by atoms with Gasteiger partial charge in [0.2, 0.25) is 5.95 Å². The van der Waals surface area contributed by atoms with Gasteiger partial charge in [-0.15, -0.1) is 0 Å². The fraction of sp³-hybridized carbons (Fsp3) is 0.615. The fourth-order valence-corrected chi connectivity index (χ4v) is 2.43. The minimum atomic E-state index is -0.327. The fourth-order valence-electron chi connectivity index (χ4n) is 2.43. The average molecular weight is 293 g/mol. The second kappa shape index (κ2) is 5.45. The first-order valence-corrected chi connectivity index (χ1v) is 6.98. The van der Waals surface area contributed by atoms with E-state index in [1.165, 1.54) is 0 Å². The van der Waals surface area contributed by atoms with Crippen LogP contribution in [-0.2, 0) is 16.0 Å². The molecule has 1 fully saturated rings. The average Bonchev–Trinajstić information content (AvgIpc) is 2.83. The quantitative estimate of drug-likeness (QED) is 0.845. The molecule has 0 amide bonds. The van der Waals surface area contributed by atoms with Crippen molar-refractivity contribution in [1.82, 2.24) is 19.5 Å². The van der Waals surface area contributed by atoms with Crippen molar-refractivity contribution >= 4 is 17.1 Å². The van der Waals surface area contributed by atoms with E-state index in [1.807, 2.05) is 4.57 Å². The molecule has 8 nitrogen and oxygen atoms in total. The molecule has 0 saturated carbocycles. The van der Waals surface area contributed by atoms with Crippen molar-refractivity contribution < 1.29 is 9.47 Å². The van der Waals surface area contributed by atoms with Gasteiger partial charge in [0.25, 0.3) is 5.56 Å². The number of anilines is 1. The number of nitrogens with zero attached hydrogens (tertiary/aromatic N) is 3. The minimum absolute atomic E-state index is 0.0882. The lowest BCUT2D eigenvalue weighted by molar-refractivity contribution is -0.220.